The monoisotopic (exact) mass is 481 g/mol. The second-order valence-corrected chi connectivity index (χ2v) is 10.2. The van der Waals surface area contributed by atoms with E-state index in [2.05, 4.69) is 73.6 Å². The maximum Gasteiger partial charge on any atom is 0.229 e. The van der Waals surface area contributed by atoms with Crippen LogP contribution in [0.3, 0.4) is 0 Å². The van der Waals surface area contributed by atoms with Crippen LogP contribution in [-0.2, 0) is 17.8 Å². The van der Waals surface area contributed by atoms with Gasteiger partial charge in [-0.3, -0.25) is 9.69 Å². The number of rotatable bonds is 9. The van der Waals surface area contributed by atoms with Crippen LogP contribution in [-0.4, -0.2) is 15.9 Å². The van der Waals surface area contributed by atoms with Crippen LogP contribution in [0.25, 0.3) is 21.1 Å². The number of anilines is 1. The number of hydrogen-bond acceptors (Lipinski definition) is 3. The van der Waals surface area contributed by atoms with Crippen LogP contribution in [0.2, 0.25) is 0 Å². The summed E-state index contributed by atoms with van der Waals surface area (Å²) in [4.78, 5) is 23.6. The van der Waals surface area contributed by atoms with Crippen LogP contribution in [0.15, 0.2) is 79.0 Å². The zero-order chi connectivity index (χ0) is 24.2. The molecule has 4 nitrogen and oxygen atoms in total. The molecule has 0 fully saturated rings. The van der Waals surface area contributed by atoms with Crippen molar-refractivity contribution in [2.24, 2.45) is 0 Å². The van der Waals surface area contributed by atoms with Crippen molar-refractivity contribution in [2.75, 3.05) is 4.90 Å². The summed E-state index contributed by atoms with van der Waals surface area (Å²) in [5.74, 6) is 0.631. The van der Waals surface area contributed by atoms with Crippen molar-refractivity contribution in [3.63, 3.8) is 0 Å². The Hall–Kier alpha value is -3.44. The van der Waals surface area contributed by atoms with Gasteiger partial charge in [0.25, 0.3) is 0 Å². The van der Waals surface area contributed by atoms with Crippen molar-refractivity contribution in [3.05, 3.63) is 95.7 Å². The molecule has 5 heteroatoms. The van der Waals surface area contributed by atoms with Crippen molar-refractivity contribution in [1.82, 2.24) is 9.97 Å². The fourth-order valence-corrected chi connectivity index (χ4v) is 5.55. The highest BCUT2D eigenvalue weighted by atomic mass is 32.1. The summed E-state index contributed by atoms with van der Waals surface area (Å²) < 4.78 is 1.14. The van der Waals surface area contributed by atoms with Gasteiger partial charge in [-0.25, -0.2) is 4.98 Å². The molecule has 35 heavy (non-hydrogen) atoms. The number of nitrogens with one attached hydrogen (secondary N) is 1. The normalized spacial score (nSPS) is 12.3. The van der Waals surface area contributed by atoms with E-state index >= 15 is 0 Å². The van der Waals surface area contributed by atoms with Crippen molar-refractivity contribution in [3.8, 4) is 0 Å². The van der Waals surface area contributed by atoms with E-state index in [1.165, 1.54) is 16.5 Å². The topological polar surface area (TPSA) is 49.0 Å². The van der Waals surface area contributed by atoms with E-state index in [1.54, 1.807) is 11.3 Å². The van der Waals surface area contributed by atoms with E-state index in [-0.39, 0.29) is 5.91 Å². The Bertz CT molecular complexity index is 1440. The minimum Gasteiger partial charge on any atom is -0.361 e. The van der Waals surface area contributed by atoms with Gasteiger partial charge in [0.2, 0.25) is 5.91 Å². The van der Waals surface area contributed by atoms with Gasteiger partial charge < -0.3 is 4.98 Å². The molecule has 0 aliphatic rings. The number of amides is 1. The summed E-state index contributed by atoms with van der Waals surface area (Å²) in [6.45, 7) is 5.00. The fourth-order valence-electron chi connectivity index (χ4n) is 4.52. The number of thiazole rings is 1. The number of aryl methyl sites for hydroxylation is 1. The Kier molecular flexibility index (Phi) is 6.96. The van der Waals surface area contributed by atoms with E-state index in [0.29, 0.717) is 18.9 Å². The summed E-state index contributed by atoms with van der Waals surface area (Å²) in [5, 5.41) is 2.02. The Labute approximate surface area is 210 Å². The number of para-hydroxylation sites is 1. The number of aromatic nitrogens is 2. The van der Waals surface area contributed by atoms with Crippen molar-refractivity contribution >= 4 is 43.5 Å². The number of hydrogen-bond donors (Lipinski definition) is 1. The average molecular weight is 482 g/mol. The molecule has 5 rings (SSSR count). The van der Waals surface area contributed by atoms with Gasteiger partial charge in [0, 0.05) is 23.5 Å². The maximum atomic E-state index is 13.5. The zero-order valence-electron chi connectivity index (χ0n) is 20.3. The molecule has 0 spiro atoms. The Morgan fingerprint density at radius 1 is 1.06 bits per heavy atom. The molecule has 0 saturated carbocycles. The largest absolute Gasteiger partial charge is 0.361 e. The first-order valence-electron chi connectivity index (χ1n) is 12.4. The van der Waals surface area contributed by atoms with Gasteiger partial charge >= 0.3 is 0 Å². The summed E-state index contributed by atoms with van der Waals surface area (Å²) in [5.41, 5.74) is 5.81. The first kappa shape index (κ1) is 23.3. The van der Waals surface area contributed by atoms with Gasteiger partial charge in [0.15, 0.2) is 5.13 Å². The maximum absolute atomic E-state index is 13.5. The van der Waals surface area contributed by atoms with Gasteiger partial charge in [-0.05, 0) is 60.1 Å². The van der Waals surface area contributed by atoms with Crippen molar-refractivity contribution in [2.45, 2.75) is 52.0 Å². The first-order chi connectivity index (χ1) is 17.1. The predicted molar refractivity (Wildman–Crippen MR) is 147 cm³/mol. The summed E-state index contributed by atoms with van der Waals surface area (Å²) in [7, 11) is 0. The molecule has 5 aromatic rings. The zero-order valence-corrected chi connectivity index (χ0v) is 21.1. The molecule has 0 saturated heterocycles. The van der Waals surface area contributed by atoms with Crippen LogP contribution >= 0.6 is 11.3 Å². The number of aromatic amines is 1. The van der Waals surface area contributed by atoms with Crippen LogP contribution in [0.1, 0.15) is 55.7 Å². The minimum absolute atomic E-state index is 0.120. The Balaban J connectivity index is 1.37. The van der Waals surface area contributed by atoms with E-state index in [1.807, 2.05) is 29.2 Å². The molecular weight excluding hydrogens is 450 g/mol. The van der Waals surface area contributed by atoms with Gasteiger partial charge in [-0.2, -0.15) is 0 Å². The lowest BCUT2D eigenvalue weighted by molar-refractivity contribution is -0.118. The molecule has 0 aliphatic heterocycles. The van der Waals surface area contributed by atoms with Crippen molar-refractivity contribution in [1.29, 1.82) is 0 Å². The summed E-state index contributed by atoms with van der Waals surface area (Å²) in [6, 6.07) is 25.0. The van der Waals surface area contributed by atoms with E-state index in [0.717, 1.165) is 45.7 Å². The third-order valence-electron chi connectivity index (χ3n) is 6.81. The summed E-state index contributed by atoms with van der Waals surface area (Å²) >= 11 is 1.62. The van der Waals surface area contributed by atoms with E-state index in [9.17, 15) is 4.79 Å². The lowest BCUT2D eigenvalue weighted by Crippen LogP contribution is -2.30. The number of fused-ring (bicyclic) bond motifs is 2. The first-order valence-corrected chi connectivity index (χ1v) is 13.2. The second-order valence-electron chi connectivity index (χ2n) is 9.21. The van der Waals surface area contributed by atoms with Crippen LogP contribution in [0.5, 0.6) is 0 Å². The molecule has 0 unspecified atom stereocenters. The van der Waals surface area contributed by atoms with Crippen LogP contribution < -0.4 is 4.90 Å². The van der Waals surface area contributed by atoms with Crippen molar-refractivity contribution < 1.29 is 4.79 Å². The Morgan fingerprint density at radius 2 is 1.86 bits per heavy atom. The second kappa shape index (κ2) is 10.4. The lowest BCUT2D eigenvalue weighted by Gasteiger charge is -2.20. The molecule has 0 bridgehead atoms. The molecule has 0 aliphatic carbocycles. The van der Waals surface area contributed by atoms with E-state index in [4.69, 9.17) is 4.98 Å². The molecule has 3 aromatic carbocycles. The van der Waals surface area contributed by atoms with Gasteiger partial charge in [-0.15, -0.1) is 0 Å². The summed E-state index contributed by atoms with van der Waals surface area (Å²) in [6.07, 6.45) is 5.33. The molecular formula is C30H31N3OS. The number of H-pyrrole nitrogens is 1. The molecule has 1 N–H and O–H groups in total. The van der Waals surface area contributed by atoms with Gasteiger partial charge in [0.1, 0.15) is 0 Å². The van der Waals surface area contributed by atoms with Crippen LogP contribution in [0, 0.1) is 0 Å². The Morgan fingerprint density at radius 3 is 2.69 bits per heavy atom. The average Bonchev–Trinajstić information content (AvgIpc) is 3.51. The number of carbonyl (C=O) groups excluding carboxylic acids is 1. The number of carbonyl (C=O) groups is 1. The number of nitrogens with zero attached hydrogens (tertiary/aromatic N) is 2. The molecule has 1 amide bonds. The molecule has 0 radical (unpaired) electrons. The van der Waals surface area contributed by atoms with Gasteiger partial charge in [0.05, 0.1) is 16.8 Å². The van der Waals surface area contributed by atoms with Crippen LogP contribution in [0.4, 0.5) is 5.13 Å². The fraction of sp³-hybridized carbons (Fsp3) is 0.267. The molecule has 178 valence electrons. The highest BCUT2D eigenvalue weighted by molar-refractivity contribution is 7.22. The molecule has 2 aromatic heterocycles. The highest BCUT2D eigenvalue weighted by Crippen LogP contribution is 2.33. The quantitative estimate of drug-likeness (QED) is 0.233. The lowest BCUT2D eigenvalue weighted by atomic mass is 9.99. The minimum atomic E-state index is 0.120. The SMILES string of the molecule is CC[C@@H](C)c1ccc2nc(N(Cc3ccccc3)C(=O)CCCc3c[nH]c4ccccc34)sc2c1. The predicted octanol–water partition coefficient (Wildman–Crippen LogP) is 7.85. The smallest absolute Gasteiger partial charge is 0.229 e. The van der Waals surface area contributed by atoms with E-state index < -0.39 is 0 Å². The number of benzene rings is 3. The molecule has 2 heterocycles. The third kappa shape index (κ3) is 5.15. The van der Waals surface area contributed by atoms with Gasteiger partial charge in [-0.1, -0.05) is 79.8 Å². The third-order valence-corrected chi connectivity index (χ3v) is 7.85. The standard InChI is InChI=1S/C30H31N3OS/c1-3-21(2)23-16-17-27-28(18-23)35-30(32-27)33(20-22-10-5-4-6-11-22)29(34)15-9-12-24-19-31-26-14-8-7-13-25(24)26/h4-8,10-11,13-14,16-19,21,31H,3,9,12,15,20H2,1-2H3/t21-/m1/s1. The molecule has 1 atom stereocenters. The highest BCUT2D eigenvalue weighted by Gasteiger charge is 2.20.